The summed E-state index contributed by atoms with van der Waals surface area (Å²) in [5, 5.41) is 6.71. The van der Waals surface area contributed by atoms with E-state index < -0.39 is 0 Å². The highest BCUT2D eigenvalue weighted by Crippen LogP contribution is 2.12. The number of nitrogens with one attached hydrogen (secondary N) is 2. The van der Waals surface area contributed by atoms with Crippen molar-refractivity contribution >= 4 is 18.0 Å². The molecule has 2 aliphatic rings. The van der Waals surface area contributed by atoms with Gasteiger partial charge >= 0.3 is 6.09 Å². The molecule has 0 aromatic heterocycles. The van der Waals surface area contributed by atoms with Crippen LogP contribution >= 0.6 is 0 Å². The first-order chi connectivity index (χ1) is 15.0. The van der Waals surface area contributed by atoms with Gasteiger partial charge in [0.1, 0.15) is 6.54 Å². The van der Waals surface area contributed by atoms with Gasteiger partial charge in [0.05, 0.1) is 19.8 Å². The molecule has 0 spiro atoms. The highest BCUT2D eigenvalue weighted by molar-refractivity contribution is 5.85. The van der Waals surface area contributed by atoms with E-state index in [0.29, 0.717) is 44.7 Å². The molecule has 31 heavy (non-hydrogen) atoms. The Morgan fingerprint density at radius 2 is 2.00 bits per heavy atom. The Morgan fingerprint density at radius 3 is 2.65 bits per heavy atom. The van der Waals surface area contributed by atoms with Gasteiger partial charge in [0, 0.05) is 58.9 Å². The van der Waals surface area contributed by atoms with Crippen molar-refractivity contribution in [2.45, 2.75) is 38.6 Å². The highest BCUT2D eigenvalue weighted by Gasteiger charge is 2.24. The van der Waals surface area contributed by atoms with Gasteiger partial charge in [-0.2, -0.15) is 0 Å². The zero-order chi connectivity index (χ0) is 22.5. The number of piperidine rings is 1. The zero-order valence-corrected chi connectivity index (χ0v) is 19.2. The summed E-state index contributed by atoms with van der Waals surface area (Å²) in [4.78, 5) is 31.5. The number of amides is 2. The molecule has 1 atom stereocenters. The van der Waals surface area contributed by atoms with Crippen LogP contribution in [0.1, 0.15) is 32.6 Å². The van der Waals surface area contributed by atoms with Crippen molar-refractivity contribution in [1.82, 2.24) is 20.4 Å². The van der Waals surface area contributed by atoms with Gasteiger partial charge < -0.3 is 34.6 Å². The summed E-state index contributed by atoms with van der Waals surface area (Å²) in [7, 11) is 3.44. The van der Waals surface area contributed by atoms with Crippen molar-refractivity contribution in [3.63, 3.8) is 0 Å². The summed E-state index contributed by atoms with van der Waals surface area (Å²) in [6.45, 7) is 7.31. The van der Waals surface area contributed by atoms with E-state index in [9.17, 15) is 9.59 Å². The topological polar surface area (TPSA) is 105 Å². The maximum absolute atomic E-state index is 11.9. The maximum atomic E-state index is 11.9. The number of nitrogens with zero attached hydrogens (tertiary/aromatic N) is 3. The summed E-state index contributed by atoms with van der Waals surface area (Å²) in [6.07, 6.45) is 3.26. The number of carbonyl (C=O) groups is 2. The second kappa shape index (κ2) is 14.1. The number of hydrogen-bond donors (Lipinski definition) is 2. The minimum atomic E-state index is -0.256. The largest absolute Gasteiger partial charge is 0.450 e. The Bertz CT molecular complexity index is 573. The highest BCUT2D eigenvalue weighted by atomic mass is 16.6. The molecule has 10 nitrogen and oxygen atoms in total. The van der Waals surface area contributed by atoms with Crippen molar-refractivity contribution < 1.29 is 23.8 Å². The third-order valence-electron chi connectivity index (χ3n) is 5.37. The second-order valence-electron chi connectivity index (χ2n) is 8.14. The zero-order valence-electron chi connectivity index (χ0n) is 19.2. The van der Waals surface area contributed by atoms with E-state index in [1.54, 1.807) is 19.0 Å². The van der Waals surface area contributed by atoms with Gasteiger partial charge in [-0.1, -0.05) is 0 Å². The minimum Gasteiger partial charge on any atom is -0.450 e. The molecular weight excluding hydrogens is 402 g/mol. The van der Waals surface area contributed by atoms with Crippen LogP contribution in [-0.4, -0.2) is 107 Å². The molecule has 10 heteroatoms. The van der Waals surface area contributed by atoms with E-state index in [-0.39, 0.29) is 24.6 Å². The van der Waals surface area contributed by atoms with E-state index in [0.717, 1.165) is 45.5 Å². The molecule has 0 aromatic rings. The third kappa shape index (κ3) is 9.73. The molecule has 2 fully saturated rings. The summed E-state index contributed by atoms with van der Waals surface area (Å²) in [5.41, 5.74) is 0. The number of aliphatic imine (C=N–C) groups is 1. The van der Waals surface area contributed by atoms with Crippen LogP contribution in [-0.2, 0) is 19.0 Å². The van der Waals surface area contributed by atoms with E-state index in [2.05, 4.69) is 15.6 Å². The van der Waals surface area contributed by atoms with Crippen molar-refractivity contribution in [2.75, 3.05) is 73.3 Å². The first-order valence-corrected chi connectivity index (χ1v) is 11.3. The lowest BCUT2D eigenvalue weighted by Gasteiger charge is -2.32. The summed E-state index contributed by atoms with van der Waals surface area (Å²) in [5.74, 6) is 1.08. The Balaban J connectivity index is 1.73. The molecule has 2 saturated heterocycles. The normalized spacial score (nSPS) is 19.9. The first kappa shape index (κ1) is 25.2. The van der Waals surface area contributed by atoms with Crippen LogP contribution in [0.15, 0.2) is 4.99 Å². The van der Waals surface area contributed by atoms with Gasteiger partial charge in [-0.15, -0.1) is 0 Å². The predicted molar refractivity (Wildman–Crippen MR) is 118 cm³/mol. The predicted octanol–water partition coefficient (Wildman–Crippen LogP) is 0.674. The van der Waals surface area contributed by atoms with Crippen LogP contribution in [0, 0.1) is 5.92 Å². The molecule has 2 N–H and O–H groups in total. The number of carbonyl (C=O) groups excluding carboxylic acids is 2. The average molecular weight is 442 g/mol. The van der Waals surface area contributed by atoms with E-state index >= 15 is 0 Å². The summed E-state index contributed by atoms with van der Waals surface area (Å²) < 4.78 is 16.2. The fourth-order valence-corrected chi connectivity index (χ4v) is 3.40. The van der Waals surface area contributed by atoms with Crippen LogP contribution in [0.4, 0.5) is 4.79 Å². The molecular formula is C21H39N5O5. The third-order valence-corrected chi connectivity index (χ3v) is 5.37. The monoisotopic (exact) mass is 441 g/mol. The number of likely N-dealkylation sites (N-methyl/N-ethyl adjacent to an activating group) is 1. The van der Waals surface area contributed by atoms with Gasteiger partial charge in [-0.3, -0.25) is 4.79 Å². The van der Waals surface area contributed by atoms with Crippen molar-refractivity contribution in [3.05, 3.63) is 0 Å². The number of ether oxygens (including phenoxy) is 3. The van der Waals surface area contributed by atoms with Crippen LogP contribution in [0.3, 0.4) is 0 Å². The standard InChI is InChI=1S/C21H39N5O5/c1-4-31-21(28)26-10-6-18(7-11-26)24-20(23-14-19(27)25(2)3)22-9-5-12-29-15-17-8-13-30-16-17/h17-18H,4-16H2,1-3H3,(H2,22,23,24). The van der Waals surface area contributed by atoms with Gasteiger partial charge in [0.2, 0.25) is 5.91 Å². The molecule has 2 amide bonds. The van der Waals surface area contributed by atoms with Crippen LogP contribution < -0.4 is 10.6 Å². The molecule has 0 bridgehead atoms. The smallest absolute Gasteiger partial charge is 0.409 e. The molecule has 2 rings (SSSR count). The molecule has 0 radical (unpaired) electrons. The Hall–Kier alpha value is -2.07. The molecule has 1 unspecified atom stereocenters. The van der Waals surface area contributed by atoms with Crippen molar-refractivity contribution in [3.8, 4) is 0 Å². The molecule has 2 aliphatic heterocycles. The summed E-state index contributed by atoms with van der Waals surface area (Å²) >= 11 is 0. The number of rotatable bonds is 10. The molecule has 0 aromatic carbocycles. The van der Waals surface area contributed by atoms with E-state index in [1.807, 2.05) is 6.92 Å². The van der Waals surface area contributed by atoms with Gasteiger partial charge in [-0.25, -0.2) is 9.79 Å². The quantitative estimate of drug-likeness (QED) is 0.292. The van der Waals surface area contributed by atoms with Crippen LogP contribution in [0.5, 0.6) is 0 Å². The van der Waals surface area contributed by atoms with Crippen LogP contribution in [0.25, 0.3) is 0 Å². The Kier molecular flexibility index (Phi) is 11.4. The minimum absolute atomic E-state index is 0.0552. The fraction of sp³-hybridized carbons (Fsp3) is 0.857. The fourth-order valence-electron chi connectivity index (χ4n) is 3.40. The second-order valence-corrected chi connectivity index (χ2v) is 8.14. The van der Waals surface area contributed by atoms with Gasteiger partial charge in [0.25, 0.3) is 0 Å². The van der Waals surface area contributed by atoms with Crippen molar-refractivity contribution in [2.24, 2.45) is 10.9 Å². The Labute approximate surface area is 185 Å². The molecule has 178 valence electrons. The maximum Gasteiger partial charge on any atom is 0.409 e. The number of guanidine groups is 1. The summed E-state index contributed by atoms with van der Waals surface area (Å²) in [6, 6.07) is 0.185. The lowest BCUT2D eigenvalue weighted by molar-refractivity contribution is -0.127. The molecule has 2 heterocycles. The number of likely N-dealkylation sites (tertiary alicyclic amines) is 1. The van der Waals surface area contributed by atoms with Gasteiger partial charge in [0.15, 0.2) is 5.96 Å². The van der Waals surface area contributed by atoms with Crippen LogP contribution in [0.2, 0.25) is 0 Å². The van der Waals surface area contributed by atoms with E-state index in [1.165, 1.54) is 4.90 Å². The Morgan fingerprint density at radius 1 is 1.23 bits per heavy atom. The lowest BCUT2D eigenvalue weighted by Crippen LogP contribution is -2.50. The first-order valence-electron chi connectivity index (χ1n) is 11.3. The lowest BCUT2D eigenvalue weighted by atomic mass is 10.1. The average Bonchev–Trinajstić information content (AvgIpc) is 3.28. The molecule has 0 saturated carbocycles. The van der Waals surface area contributed by atoms with E-state index in [4.69, 9.17) is 14.2 Å². The van der Waals surface area contributed by atoms with Gasteiger partial charge in [-0.05, 0) is 32.6 Å². The molecule has 0 aliphatic carbocycles. The SMILES string of the molecule is CCOC(=O)N1CCC(NC(=NCC(=O)N(C)C)NCCCOCC2CCOC2)CC1. The van der Waals surface area contributed by atoms with Crippen molar-refractivity contribution in [1.29, 1.82) is 0 Å². The number of hydrogen-bond acceptors (Lipinski definition) is 6.